The summed E-state index contributed by atoms with van der Waals surface area (Å²) in [5.74, 6) is 0.398. The van der Waals surface area contributed by atoms with Crippen LogP contribution in [0.2, 0.25) is 0 Å². The first-order valence-electron chi connectivity index (χ1n) is 6.57. The maximum atomic E-state index is 5.62. The van der Waals surface area contributed by atoms with Gasteiger partial charge in [0.05, 0.1) is 18.9 Å². The molecule has 1 aliphatic rings. The van der Waals surface area contributed by atoms with E-state index in [9.17, 15) is 0 Å². The number of aliphatic imine (C=N–C) groups is 1. The van der Waals surface area contributed by atoms with E-state index in [4.69, 9.17) is 10.5 Å². The number of hydrogen-bond acceptors (Lipinski definition) is 5. The number of ether oxygens (including phenoxy) is 1. The Morgan fingerprint density at radius 3 is 2.79 bits per heavy atom. The Balaban J connectivity index is 1.51. The van der Waals surface area contributed by atoms with Crippen molar-refractivity contribution in [1.29, 1.82) is 0 Å². The molecule has 1 heterocycles. The average Bonchev–Trinajstić information content (AvgIpc) is 2.46. The molecule has 1 aliphatic heterocycles. The summed E-state index contributed by atoms with van der Waals surface area (Å²) < 4.78 is 5.62. The SMILES string of the molecule is NC1=NCC(CCCCOCc2ccccc2)=NN1. The first-order chi connectivity index (χ1) is 9.34. The van der Waals surface area contributed by atoms with Gasteiger partial charge in [0.15, 0.2) is 0 Å². The summed E-state index contributed by atoms with van der Waals surface area (Å²) in [6.07, 6.45) is 3.04. The summed E-state index contributed by atoms with van der Waals surface area (Å²) in [6.45, 7) is 2.08. The van der Waals surface area contributed by atoms with Crippen LogP contribution in [-0.2, 0) is 11.3 Å². The fourth-order valence-corrected chi connectivity index (χ4v) is 1.82. The Bertz CT molecular complexity index is 442. The van der Waals surface area contributed by atoms with E-state index < -0.39 is 0 Å². The van der Waals surface area contributed by atoms with Gasteiger partial charge in [0.2, 0.25) is 5.96 Å². The monoisotopic (exact) mass is 260 g/mol. The van der Waals surface area contributed by atoms with Gasteiger partial charge in [-0.1, -0.05) is 30.3 Å². The Morgan fingerprint density at radius 2 is 2.05 bits per heavy atom. The molecule has 0 unspecified atom stereocenters. The van der Waals surface area contributed by atoms with E-state index in [0.29, 0.717) is 19.1 Å². The zero-order chi connectivity index (χ0) is 13.3. The van der Waals surface area contributed by atoms with Gasteiger partial charge in [-0.3, -0.25) is 0 Å². The lowest BCUT2D eigenvalue weighted by molar-refractivity contribution is 0.117. The van der Waals surface area contributed by atoms with E-state index >= 15 is 0 Å². The zero-order valence-electron chi connectivity index (χ0n) is 11.0. The van der Waals surface area contributed by atoms with Gasteiger partial charge in [-0.15, -0.1) is 0 Å². The van der Waals surface area contributed by atoms with E-state index in [1.165, 1.54) is 5.56 Å². The molecule has 0 fully saturated rings. The normalized spacial score (nSPS) is 14.5. The van der Waals surface area contributed by atoms with Gasteiger partial charge in [0.25, 0.3) is 0 Å². The van der Waals surface area contributed by atoms with Crippen molar-refractivity contribution in [2.24, 2.45) is 15.8 Å². The second kappa shape index (κ2) is 7.53. The molecular weight excluding hydrogens is 240 g/mol. The minimum Gasteiger partial charge on any atom is -0.377 e. The Kier molecular flexibility index (Phi) is 5.37. The number of hydrogen-bond donors (Lipinski definition) is 2. The van der Waals surface area contributed by atoms with Crippen molar-refractivity contribution in [2.45, 2.75) is 25.9 Å². The first-order valence-corrected chi connectivity index (χ1v) is 6.57. The molecule has 0 spiro atoms. The highest BCUT2D eigenvalue weighted by atomic mass is 16.5. The standard InChI is InChI=1S/C14H20N4O/c15-14-16-10-13(17-18-14)8-4-5-9-19-11-12-6-2-1-3-7-12/h1-3,6-7H,4-5,8-11H2,(H3,15,16,18). The summed E-state index contributed by atoms with van der Waals surface area (Å²) in [4.78, 5) is 4.09. The number of unbranched alkanes of at least 4 members (excludes halogenated alkanes) is 1. The van der Waals surface area contributed by atoms with Crippen molar-refractivity contribution in [1.82, 2.24) is 5.43 Å². The van der Waals surface area contributed by atoms with Crippen molar-refractivity contribution in [3.8, 4) is 0 Å². The van der Waals surface area contributed by atoms with Crippen molar-refractivity contribution >= 4 is 11.7 Å². The third-order valence-corrected chi connectivity index (χ3v) is 2.88. The Labute approximate surface area is 113 Å². The van der Waals surface area contributed by atoms with Crippen LogP contribution >= 0.6 is 0 Å². The average molecular weight is 260 g/mol. The molecule has 0 radical (unpaired) electrons. The smallest absolute Gasteiger partial charge is 0.209 e. The van der Waals surface area contributed by atoms with Gasteiger partial charge in [0, 0.05) is 6.61 Å². The van der Waals surface area contributed by atoms with Crippen LogP contribution < -0.4 is 11.2 Å². The number of benzene rings is 1. The molecule has 0 aliphatic carbocycles. The molecule has 19 heavy (non-hydrogen) atoms. The summed E-state index contributed by atoms with van der Waals surface area (Å²) in [5.41, 5.74) is 10.4. The molecular formula is C14H20N4O. The highest BCUT2D eigenvalue weighted by Gasteiger charge is 2.04. The molecule has 0 atom stereocenters. The zero-order valence-corrected chi connectivity index (χ0v) is 11.0. The molecule has 2 rings (SSSR count). The lowest BCUT2D eigenvalue weighted by atomic mass is 10.1. The molecule has 5 nitrogen and oxygen atoms in total. The van der Waals surface area contributed by atoms with Crippen molar-refractivity contribution in [3.05, 3.63) is 35.9 Å². The maximum Gasteiger partial charge on any atom is 0.209 e. The van der Waals surface area contributed by atoms with Gasteiger partial charge >= 0.3 is 0 Å². The summed E-state index contributed by atoms with van der Waals surface area (Å²) in [6, 6.07) is 10.2. The number of rotatable bonds is 7. The lowest BCUT2D eigenvalue weighted by Crippen LogP contribution is -2.33. The lowest BCUT2D eigenvalue weighted by Gasteiger charge is -2.10. The van der Waals surface area contributed by atoms with Gasteiger partial charge in [-0.2, -0.15) is 5.10 Å². The van der Waals surface area contributed by atoms with E-state index in [-0.39, 0.29) is 0 Å². The highest BCUT2D eigenvalue weighted by molar-refractivity contribution is 5.92. The molecule has 5 heteroatoms. The van der Waals surface area contributed by atoms with Crippen LogP contribution in [0, 0.1) is 0 Å². The predicted molar refractivity (Wildman–Crippen MR) is 77.0 cm³/mol. The molecule has 1 aromatic rings. The van der Waals surface area contributed by atoms with Gasteiger partial charge in [-0.25, -0.2) is 10.4 Å². The molecule has 0 saturated heterocycles. The fraction of sp³-hybridized carbons (Fsp3) is 0.429. The van der Waals surface area contributed by atoms with E-state index in [0.717, 1.165) is 31.6 Å². The largest absolute Gasteiger partial charge is 0.377 e. The van der Waals surface area contributed by atoms with Crippen LogP contribution in [0.3, 0.4) is 0 Å². The molecule has 102 valence electrons. The van der Waals surface area contributed by atoms with Crippen LogP contribution in [0.15, 0.2) is 40.4 Å². The van der Waals surface area contributed by atoms with Crippen molar-refractivity contribution in [2.75, 3.05) is 13.2 Å². The number of nitrogens with one attached hydrogen (secondary N) is 1. The molecule has 0 aromatic heterocycles. The van der Waals surface area contributed by atoms with Crippen molar-refractivity contribution in [3.63, 3.8) is 0 Å². The molecule has 1 aromatic carbocycles. The summed E-state index contributed by atoms with van der Waals surface area (Å²) in [7, 11) is 0. The van der Waals surface area contributed by atoms with Crippen LogP contribution in [0.4, 0.5) is 0 Å². The topological polar surface area (TPSA) is 72.0 Å². The van der Waals surface area contributed by atoms with E-state index in [1.54, 1.807) is 0 Å². The highest BCUT2D eigenvalue weighted by Crippen LogP contribution is 2.04. The molecule has 0 saturated carbocycles. The van der Waals surface area contributed by atoms with Gasteiger partial charge in [0.1, 0.15) is 0 Å². The Morgan fingerprint density at radius 1 is 1.21 bits per heavy atom. The van der Waals surface area contributed by atoms with E-state index in [1.807, 2.05) is 18.2 Å². The number of nitrogens with zero attached hydrogens (tertiary/aromatic N) is 2. The van der Waals surface area contributed by atoms with Crippen LogP contribution in [-0.4, -0.2) is 24.8 Å². The van der Waals surface area contributed by atoms with Crippen LogP contribution in [0.25, 0.3) is 0 Å². The third kappa shape index (κ3) is 5.09. The first kappa shape index (κ1) is 13.5. The third-order valence-electron chi connectivity index (χ3n) is 2.88. The number of nitrogens with two attached hydrogens (primary N) is 1. The summed E-state index contributed by atoms with van der Waals surface area (Å²) in [5, 5.41) is 4.15. The van der Waals surface area contributed by atoms with Crippen LogP contribution in [0.1, 0.15) is 24.8 Å². The quantitative estimate of drug-likeness (QED) is 0.732. The van der Waals surface area contributed by atoms with Gasteiger partial charge in [-0.05, 0) is 24.8 Å². The molecule has 0 bridgehead atoms. The Hall–Kier alpha value is -1.88. The van der Waals surface area contributed by atoms with E-state index in [2.05, 4.69) is 27.7 Å². The minimum atomic E-state index is 0.398. The van der Waals surface area contributed by atoms with Gasteiger partial charge < -0.3 is 10.5 Å². The fourth-order valence-electron chi connectivity index (χ4n) is 1.82. The minimum absolute atomic E-state index is 0.398. The molecule has 3 N–H and O–H groups in total. The number of hydrazone groups is 1. The predicted octanol–water partition coefficient (Wildman–Crippen LogP) is 1.65. The molecule has 0 amide bonds. The second-order valence-corrected chi connectivity index (χ2v) is 4.49. The number of guanidine groups is 1. The van der Waals surface area contributed by atoms with Crippen LogP contribution in [0.5, 0.6) is 0 Å². The van der Waals surface area contributed by atoms with Crippen molar-refractivity contribution < 1.29 is 4.74 Å². The second-order valence-electron chi connectivity index (χ2n) is 4.49. The summed E-state index contributed by atoms with van der Waals surface area (Å²) >= 11 is 0. The maximum absolute atomic E-state index is 5.62.